The van der Waals surface area contributed by atoms with Crippen LogP contribution in [-0.2, 0) is 6.54 Å². The Bertz CT molecular complexity index is 738. The van der Waals surface area contributed by atoms with Crippen molar-refractivity contribution in [2.45, 2.75) is 39.2 Å². The lowest BCUT2D eigenvalue weighted by atomic mass is 9.71. The first kappa shape index (κ1) is 17.3. The van der Waals surface area contributed by atoms with Crippen molar-refractivity contribution in [2.24, 2.45) is 5.41 Å². The molecule has 5 heteroatoms. The van der Waals surface area contributed by atoms with Gasteiger partial charge in [0.15, 0.2) is 5.76 Å². The molecular formula is C21H27N3O2. The minimum Gasteiger partial charge on any atom is -0.456 e. The largest absolute Gasteiger partial charge is 0.456 e. The topological polar surface area (TPSA) is 49.6 Å². The van der Waals surface area contributed by atoms with E-state index in [4.69, 9.17) is 4.42 Å². The molecule has 0 unspecified atom stereocenters. The van der Waals surface area contributed by atoms with Gasteiger partial charge in [0, 0.05) is 32.0 Å². The molecule has 4 rings (SSSR count). The number of aromatic nitrogens is 1. The number of piperidine rings is 2. The summed E-state index contributed by atoms with van der Waals surface area (Å²) >= 11 is 0. The van der Waals surface area contributed by atoms with Gasteiger partial charge in [0.05, 0.1) is 0 Å². The van der Waals surface area contributed by atoms with E-state index >= 15 is 0 Å². The average Bonchev–Trinajstić information content (AvgIpc) is 3.11. The third kappa shape index (κ3) is 3.68. The summed E-state index contributed by atoms with van der Waals surface area (Å²) in [5, 5.41) is 0. The molecule has 0 bridgehead atoms. The Morgan fingerprint density at radius 2 is 1.85 bits per heavy atom. The predicted molar refractivity (Wildman–Crippen MR) is 99.8 cm³/mol. The van der Waals surface area contributed by atoms with Gasteiger partial charge in [-0.25, -0.2) is 0 Å². The van der Waals surface area contributed by atoms with Gasteiger partial charge in [0.2, 0.25) is 0 Å². The van der Waals surface area contributed by atoms with Gasteiger partial charge in [-0.05, 0) is 74.9 Å². The molecule has 26 heavy (non-hydrogen) atoms. The van der Waals surface area contributed by atoms with Gasteiger partial charge >= 0.3 is 0 Å². The molecule has 2 aliphatic rings. The van der Waals surface area contributed by atoms with E-state index in [9.17, 15) is 4.79 Å². The Kier molecular flexibility index (Phi) is 4.81. The predicted octanol–water partition coefficient (Wildman–Crippen LogP) is 3.50. The molecule has 0 aliphatic carbocycles. The van der Waals surface area contributed by atoms with E-state index in [1.54, 1.807) is 6.07 Å². The van der Waals surface area contributed by atoms with Gasteiger partial charge in [-0.2, -0.15) is 0 Å². The Hall–Kier alpha value is -2.14. The summed E-state index contributed by atoms with van der Waals surface area (Å²) in [5.74, 6) is 1.31. The first-order chi connectivity index (χ1) is 12.6. The molecule has 5 nitrogen and oxygen atoms in total. The highest BCUT2D eigenvalue weighted by molar-refractivity contribution is 5.91. The van der Waals surface area contributed by atoms with Crippen LogP contribution in [0.1, 0.15) is 47.6 Å². The lowest BCUT2D eigenvalue weighted by Crippen LogP contribution is -2.48. The smallest absolute Gasteiger partial charge is 0.289 e. The summed E-state index contributed by atoms with van der Waals surface area (Å²) in [7, 11) is 0. The molecular weight excluding hydrogens is 326 g/mol. The Morgan fingerprint density at radius 3 is 2.46 bits per heavy atom. The lowest BCUT2D eigenvalue weighted by molar-refractivity contribution is 0.0269. The molecule has 0 aromatic carbocycles. The number of pyridine rings is 1. The fourth-order valence-electron chi connectivity index (χ4n) is 4.32. The summed E-state index contributed by atoms with van der Waals surface area (Å²) in [5.41, 5.74) is 1.71. The molecule has 2 aromatic heterocycles. The maximum atomic E-state index is 12.6. The first-order valence-corrected chi connectivity index (χ1v) is 9.61. The second kappa shape index (κ2) is 7.23. The van der Waals surface area contributed by atoms with Crippen LogP contribution in [0.4, 0.5) is 0 Å². The first-order valence-electron chi connectivity index (χ1n) is 9.61. The zero-order valence-electron chi connectivity index (χ0n) is 15.5. The van der Waals surface area contributed by atoms with Crippen molar-refractivity contribution in [3.05, 3.63) is 53.7 Å². The molecule has 2 fully saturated rings. The monoisotopic (exact) mass is 353 g/mol. The molecule has 0 radical (unpaired) electrons. The minimum atomic E-state index is 0.0435. The van der Waals surface area contributed by atoms with Crippen LogP contribution in [0.25, 0.3) is 0 Å². The number of rotatable bonds is 3. The molecule has 2 aromatic rings. The highest BCUT2D eigenvalue weighted by atomic mass is 16.3. The standard InChI is InChI=1S/C21H27N3O2/c1-17-4-5-19(26-17)20(25)24-13-8-21(9-14-24)6-11-23(12-7-21)16-18-3-2-10-22-15-18/h2-5,10,15H,6-9,11-14,16H2,1H3. The van der Waals surface area contributed by atoms with E-state index in [2.05, 4.69) is 16.0 Å². The van der Waals surface area contributed by atoms with Crippen LogP contribution >= 0.6 is 0 Å². The third-order valence-electron chi connectivity index (χ3n) is 6.11. The van der Waals surface area contributed by atoms with Crippen LogP contribution in [0, 0.1) is 12.3 Å². The Balaban J connectivity index is 1.29. The van der Waals surface area contributed by atoms with Gasteiger partial charge < -0.3 is 9.32 Å². The van der Waals surface area contributed by atoms with Gasteiger partial charge in [0.25, 0.3) is 5.91 Å². The van der Waals surface area contributed by atoms with E-state index in [1.165, 1.54) is 18.4 Å². The van der Waals surface area contributed by atoms with Gasteiger partial charge in [-0.3, -0.25) is 14.7 Å². The van der Waals surface area contributed by atoms with Crippen LogP contribution in [0.2, 0.25) is 0 Å². The number of likely N-dealkylation sites (tertiary alicyclic amines) is 2. The van der Waals surface area contributed by atoms with Crippen LogP contribution in [-0.4, -0.2) is 46.9 Å². The van der Waals surface area contributed by atoms with E-state index < -0.39 is 0 Å². The summed E-state index contributed by atoms with van der Waals surface area (Å²) < 4.78 is 5.50. The number of hydrogen-bond acceptors (Lipinski definition) is 4. The normalized spacial score (nSPS) is 20.4. The van der Waals surface area contributed by atoms with Crippen LogP contribution in [0.5, 0.6) is 0 Å². The Labute approximate surface area is 155 Å². The van der Waals surface area contributed by atoms with Gasteiger partial charge in [-0.1, -0.05) is 6.07 Å². The molecule has 0 saturated carbocycles. The number of nitrogens with zero attached hydrogens (tertiary/aromatic N) is 3. The summed E-state index contributed by atoms with van der Waals surface area (Å²) in [6.07, 6.45) is 8.47. The van der Waals surface area contributed by atoms with Crippen LogP contribution in [0.3, 0.4) is 0 Å². The molecule has 1 spiro atoms. The summed E-state index contributed by atoms with van der Waals surface area (Å²) in [6.45, 7) is 6.84. The number of carbonyl (C=O) groups is 1. The van der Waals surface area contributed by atoms with Crippen LogP contribution < -0.4 is 0 Å². The van der Waals surface area contributed by atoms with Crippen molar-refractivity contribution >= 4 is 5.91 Å². The van der Waals surface area contributed by atoms with Crippen molar-refractivity contribution in [3.63, 3.8) is 0 Å². The molecule has 138 valence electrons. The van der Waals surface area contributed by atoms with Crippen LogP contribution in [0.15, 0.2) is 41.1 Å². The van der Waals surface area contributed by atoms with E-state index in [1.807, 2.05) is 36.4 Å². The number of furan rings is 1. The number of carbonyl (C=O) groups excluding carboxylic acids is 1. The molecule has 0 atom stereocenters. The third-order valence-corrected chi connectivity index (χ3v) is 6.11. The second-order valence-electron chi connectivity index (χ2n) is 7.84. The minimum absolute atomic E-state index is 0.0435. The highest BCUT2D eigenvalue weighted by Crippen LogP contribution is 2.41. The number of aryl methyl sites for hydroxylation is 1. The molecule has 2 saturated heterocycles. The molecule has 0 N–H and O–H groups in total. The number of hydrogen-bond donors (Lipinski definition) is 0. The summed E-state index contributed by atoms with van der Waals surface area (Å²) in [4.78, 5) is 21.3. The van der Waals surface area contributed by atoms with Crippen molar-refractivity contribution < 1.29 is 9.21 Å². The van der Waals surface area contributed by atoms with E-state index in [0.29, 0.717) is 11.2 Å². The van der Waals surface area contributed by atoms with E-state index in [-0.39, 0.29) is 5.91 Å². The van der Waals surface area contributed by atoms with Crippen molar-refractivity contribution in [3.8, 4) is 0 Å². The average molecular weight is 353 g/mol. The molecule has 4 heterocycles. The second-order valence-corrected chi connectivity index (χ2v) is 7.84. The molecule has 2 aliphatic heterocycles. The van der Waals surface area contributed by atoms with Gasteiger partial charge in [0.1, 0.15) is 5.76 Å². The fourth-order valence-corrected chi connectivity index (χ4v) is 4.32. The quantitative estimate of drug-likeness (QED) is 0.847. The maximum absolute atomic E-state index is 12.6. The van der Waals surface area contributed by atoms with Crippen molar-refractivity contribution in [2.75, 3.05) is 26.2 Å². The molecule has 1 amide bonds. The lowest BCUT2D eigenvalue weighted by Gasteiger charge is -2.46. The van der Waals surface area contributed by atoms with Crippen molar-refractivity contribution in [1.29, 1.82) is 0 Å². The zero-order chi connectivity index (χ0) is 18.0. The van der Waals surface area contributed by atoms with Gasteiger partial charge in [-0.15, -0.1) is 0 Å². The SMILES string of the molecule is Cc1ccc(C(=O)N2CCC3(CCN(Cc4cccnc4)CC3)CC2)o1. The number of amides is 1. The Morgan fingerprint density at radius 1 is 1.12 bits per heavy atom. The fraction of sp³-hybridized carbons (Fsp3) is 0.524. The summed E-state index contributed by atoms with van der Waals surface area (Å²) in [6, 6.07) is 7.81. The highest BCUT2D eigenvalue weighted by Gasteiger charge is 2.38. The maximum Gasteiger partial charge on any atom is 0.289 e. The zero-order valence-corrected chi connectivity index (χ0v) is 15.5. The van der Waals surface area contributed by atoms with E-state index in [0.717, 1.165) is 51.3 Å². The van der Waals surface area contributed by atoms with Crippen molar-refractivity contribution in [1.82, 2.24) is 14.8 Å².